The number of amides is 2. The topological polar surface area (TPSA) is 129 Å². The van der Waals surface area contributed by atoms with Crippen LogP contribution in [0.5, 0.6) is 11.5 Å². The minimum atomic E-state index is -4.09. The van der Waals surface area contributed by atoms with E-state index in [0.29, 0.717) is 11.5 Å². The molecule has 238 valence electrons. The first-order valence-electron chi connectivity index (χ1n) is 14.7. The van der Waals surface area contributed by atoms with Gasteiger partial charge in [-0.2, -0.15) is 4.31 Å². The molecule has 2 amide bonds. The van der Waals surface area contributed by atoms with Gasteiger partial charge in [-0.25, -0.2) is 13.4 Å². The Morgan fingerprint density at radius 3 is 2.30 bits per heavy atom. The molecule has 0 bridgehead atoms. The summed E-state index contributed by atoms with van der Waals surface area (Å²) in [5.41, 5.74) is 3.56. The van der Waals surface area contributed by atoms with Crippen molar-refractivity contribution in [3.63, 3.8) is 0 Å². The van der Waals surface area contributed by atoms with Crippen molar-refractivity contribution in [3.05, 3.63) is 54.1 Å². The van der Waals surface area contributed by atoms with Gasteiger partial charge in [0.1, 0.15) is 0 Å². The fraction of sp³-hybridized carbons (Fsp3) is 0.548. The second kappa shape index (κ2) is 15.5. The number of hydrogen-bond acceptors (Lipinski definition) is 8. The van der Waals surface area contributed by atoms with Gasteiger partial charge >= 0.3 is 0 Å². The molecule has 0 saturated heterocycles. The molecule has 12 heteroatoms. The van der Waals surface area contributed by atoms with Crippen LogP contribution < -0.4 is 14.9 Å². The summed E-state index contributed by atoms with van der Waals surface area (Å²) >= 11 is 0. The van der Waals surface area contributed by atoms with Gasteiger partial charge in [-0.3, -0.25) is 15.0 Å². The average Bonchev–Trinajstić information content (AvgIpc) is 3.42. The van der Waals surface area contributed by atoms with Crippen LogP contribution in [0.15, 0.2) is 53.4 Å². The molecule has 3 rings (SSSR count). The summed E-state index contributed by atoms with van der Waals surface area (Å²) in [6.45, 7) is 7.56. The molecule has 1 heterocycles. The summed E-state index contributed by atoms with van der Waals surface area (Å²) in [7, 11) is -0.603. The molecule has 0 radical (unpaired) electrons. The molecule has 11 nitrogen and oxygen atoms in total. The first kappa shape index (κ1) is 34.3. The van der Waals surface area contributed by atoms with Crippen molar-refractivity contribution < 1.29 is 32.6 Å². The maximum absolute atomic E-state index is 13.9. The van der Waals surface area contributed by atoms with Crippen molar-refractivity contribution in [1.82, 2.24) is 19.6 Å². The van der Waals surface area contributed by atoms with Crippen molar-refractivity contribution in [2.24, 2.45) is 11.8 Å². The van der Waals surface area contributed by atoms with Crippen LogP contribution in [0.25, 0.3) is 0 Å². The van der Waals surface area contributed by atoms with Gasteiger partial charge < -0.3 is 19.5 Å². The molecule has 3 atom stereocenters. The first-order chi connectivity index (χ1) is 20.3. The summed E-state index contributed by atoms with van der Waals surface area (Å²) in [5.74, 6) is 0.000540. The van der Waals surface area contributed by atoms with Crippen LogP contribution >= 0.6 is 0 Å². The highest BCUT2D eigenvalue weighted by atomic mass is 32.2. The number of likely N-dealkylation sites (N-methyl/N-ethyl adjacent to an activating group) is 1. The van der Waals surface area contributed by atoms with E-state index >= 15 is 0 Å². The molecule has 2 N–H and O–H groups in total. The van der Waals surface area contributed by atoms with Gasteiger partial charge in [-0.1, -0.05) is 64.4 Å². The third-order valence-corrected chi connectivity index (χ3v) is 9.03. The van der Waals surface area contributed by atoms with E-state index < -0.39 is 28.1 Å². The highest BCUT2D eigenvalue weighted by molar-refractivity contribution is 7.89. The molecule has 0 aliphatic carbocycles. The van der Waals surface area contributed by atoms with Gasteiger partial charge in [0.15, 0.2) is 11.5 Å². The van der Waals surface area contributed by atoms with Gasteiger partial charge in [0.05, 0.1) is 23.6 Å². The molecule has 1 unspecified atom stereocenters. The molecule has 2 aromatic rings. The molecular weight excluding hydrogens is 572 g/mol. The van der Waals surface area contributed by atoms with Crippen LogP contribution in [0.2, 0.25) is 0 Å². The predicted octanol–water partition coefficient (Wildman–Crippen LogP) is 2.89. The third kappa shape index (κ3) is 9.65. The van der Waals surface area contributed by atoms with E-state index in [-0.39, 0.29) is 61.9 Å². The number of sulfonamides is 1. The number of nitrogens with one attached hydrogen (secondary N) is 1. The zero-order chi connectivity index (χ0) is 31.7. The van der Waals surface area contributed by atoms with Crippen LogP contribution in [0.4, 0.5) is 0 Å². The van der Waals surface area contributed by atoms with E-state index in [1.165, 1.54) is 21.4 Å². The third-order valence-electron chi connectivity index (χ3n) is 7.20. The smallest absolute Gasteiger partial charge is 0.252 e. The van der Waals surface area contributed by atoms with Crippen LogP contribution in [0.1, 0.15) is 46.1 Å². The second-order valence-corrected chi connectivity index (χ2v) is 13.7. The Morgan fingerprint density at radius 1 is 1.00 bits per heavy atom. The minimum Gasteiger partial charge on any atom is -0.454 e. The molecule has 0 aromatic heterocycles. The highest BCUT2D eigenvalue weighted by Gasteiger charge is 2.36. The molecule has 43 heavy (non-hydrogen) atoms. The Hall–Kier alpha value is -3.19. The Bertz CT molecular complexity index is 1320. The van der Waals surface area contributed by atoms with Crippen LogP contribution in [0, 0.1) is 11.8 Å². The van der Waals surface area contributed by atoms with E-state index in [2.05, 4.69) is 5.43 Å². The number of carbonyl (C=O) groups excluding carboxylic acids is 2. The quantitative estimate of drug-likeness (QED) is 0.292. The summed E-state index contributed by atoms with van der Waals surface area (Å²) in [6, 6.07) is 12.8. The monoisotopic (exact) mass is 618 g/mol. The largest absolute Gasteiger partial charge is 0.454 e. The Labute approximate surface area is 255 Å². The van der Waals surface area contributed by atoms with Crippen molar-refractivity contribution in [3.8, 4) is 11.5 Å². The van der Waals surface area contributed by atoms with Crippen LogP contribution in [0.3, 0.4) is 0 Å². The zero-order valence-corrected chi connectivity index (χ0v) is 26.8. The Kier molecular flexibility index (Phi) is 12.4. The van der Waals surface area contributed by atoms with Crippen molar-refractivity contribution >= 4 is 21.8 Å². The molecule has 1 aliphatic rings. The van der Waals surface area contributed by atoms with E-state index in [1.807, 2.05) is 58.0 Å². The number of aliphatic hydroxyl groups excluding tert-OH is 1. The molecule has 0 spiro atoms. The molecular formula is C31H46N4O7S. The molecule has 1 aliphatic heterocycles. The van der Waals surface area contributed by atoms with E-state index in [1.54, 1.807) is 25.1 Å². The van der Waals surface area contributed by atoms with E-state index in [9.17, 15) is 23.1 Å². The summed E-state index contributed by atoms with van der Waals surface area (Å²) < 4.78 is 39.8. The van der Waals surface area contributed by atoms with Gasteiger partial charge in [0, 0.05) is 25.6 Å². The molecule has 0 saturated carbocycles. The lowest BCUT2D eigenvalue weighted by molar-refractivity contribution is -0.148. The van der Waals surface area contributed by atoms with Gasteiger partial charge in [-0.15, -0.1) is 0 Å². The van der Waals surface area contributed by atoms with Crippen molar-refractivity contribution in [2.45, 2.75) is 64.0 Å². The SMILES string of the molecule is CC[C@H](C)CC(=O)N(NC(=O)CN(C)C)C(Cc1ccccc1)[C@H](O)CN(CC(C)C)S(=O)(=O)c1ccc2c(c1)OCO2. The van der Waals surface area contributed by atoms with Crippen LogP contribution in [-0.4, -0.2) is 92.2 Å². The lowest BCUT2D eigenvalue weighted by atomic mass is 9.98. The lowest BCUT2D eigenvalue weighted by Crippen LogP contribution is -2.60. The lowest BCUT2D eigenvalue weighted by Gasteiger charge is -2.37. The second-order valence-electron chi connectivity index (χ2n) is 11.8. The van der Waals surface area contributed by atoms with Crippen LogP contribution in [-0.2, 0) is 26.0 Å². The van der Waals surface area contributed by atoms with Gasteiger partial charge in [0.2, 0.25) is 22.7 Å². The Balaban J connectivity index is 2.00. The Morgan fingerprint density at radius 2 is 1.67 bits per heavy atom. The standard InChI is InChI=1S/C31H46N4O7S/c1-7-23(4)15-31(38)35(32-30(37)20-33(5)6)26(16-24-11-9-8-10-12-24)27(36)19-34(18-22(2)3)43(39,40)25-13-14-28-29(17-25)42-21-41-28/h8-14,17,22-23,26-27,36H,7,15-16,18-21H2,1-6H3,(H,32,37)/t23-,26?,27+/m0/s1. The summed E-state index contributed by atoms with van der Waals surface area (Å²) in [5, 5.41) is 13.0. The number of hydrazine groups is 1. The van der Waals surface area contributed by atoms with Gasteiger partial charge in [0.25, 0.3) is 5.91 Å². The van der Waals surface area contributed by atoms with Crippen molar-refractivity contribution in [2.75, 3.05) is 40.5 Å². The maximum atomic E-state index is 13.9. The summed E-state index contributed by atoms with van der Waals surface area (Å²) in [6.07, 6.45) is -0.242. The maximum Gasteiger partial charge on any atom is 0.252 e. The number of hydrogen-bond donors (Lipinski definition) is 2. The number of rotatable bonds is 15. The van der Waals surface area contributed by atoms with E-state index in [0.717, 1.165) is 12.0 Å². The number of aliphatic hydroxyl groups is 1. The normalized spacial score (nSPS) is 15.0. The minimum absolute atomic E-state index is 0.00759. The molecule has 2 aromatic carbocycles. The number of fused-ring (bicyclic) bond motifs is 1. The number of carbonyl (C=O) groups is 2. The first-order valence-corrected chi connectivity index (χ1v) is 16.1. The van der Waals surface area contributed by atoms with Gasteiger partial charge in [-0.05, 0) is 50.0 Å². The fourth-order valence-corrected chi connectivity index (χ4v) is 6.42. The number of benzene rings is 2. The number of ether oxygens (including phenoxy) is 2. The highest BCUT2D eigenvalue weighted by Crippen LogP contribution is 2.35. The summed E-state index contributed by atoms with van der Waals surface area (Å²) in [4.78, 5) is 28.3. The predicted molar refractivity (Wildman–Crippen MR) is 164 cm³/mol. The van der Waals surface area contributed by atoms with Crippen molar-refractivity contribution in [1.29, 1.82) is 0 Å². The fourth-order valence-electron chi connectivity index (χ4n) is 4.78. The van der Waals surface area contributed by atoms with E-state index in [4.69, 9.17) is 9.47 Å². The number of nitrogens with zero attached hydrogens (tertiary/aromatic N) is 3. The zero-order valence-electron chi connectivity index (χ0n) is 26.0. The average molecular weight is 619 g/mol. The molecule has 0 fully saturated rings.